The highest BCUT2D eigenvalue weighted by Crippen LogP contribution is 2.46. The lowest BCUT2D eigenvalue weighted by Crippen LogP contribution is -2.36. The number of hydrogen-bond donors (Lipinski definition) is 2. The molecule has 32 heavy (non-hydrogen) atoms. The SMILES string of the molecule is C[C@@H](NC(=O)c1nn2c(c1Cl)N[C@@H](c1ccc(Br)cc1)C[C@@H]2C(F)(F)F)c1ccccc1. The molecule has 4 rings (SSSR count). The number of anilines is 1. The van der Waals surface area contributed by atoms with Crippen molar-refractivity contribution >= 4 is 39.3 Å². The van der Waals surface area contributed by atoms with Crippen molar-refractivity contribution < 1.29 is 18.0 Å². The molecule has 2 heterocycles. The van der Waals surface area contributed by atoms with Crippen molar-refractivity contribution in [3.05, 3.63) is 80.9 Å². The number of fused-ring (bicyclic) bond motifs is 1. The van der Waals surface area contributed by atoms with Crippen LogP contribution in [0.3, 0.4) is 0 Å². The number of carbonyl (C=O) groups is 1. The molecule has 0 aliphatic carbocycles. The maximum atomic E-state index is 13.9. The van der Waals surface area contributed by atoms with Gasteiger partial charge in [-0.15, -0.1) is 0 Å². The predicted molar refractivity (Wildman–Crippen MR) is 120 cm³/mol. The average molecular weight is 528 g/mol. The number of alkyl halides is 3. The third kappa shape index (κ3) is 4.49. The number of rotatable bonds is 4. The molecule has 0 saturated carbocycles. The fraction of sp³-hybridized carbons (Fsp3) is 0.273. The summed E-state index contributed by atoms with van der Waals surface area (Å²) in [5.41, 5.74) is 1.28. The van der Waals surface area contributed by atoms with E-state index in [1.807, 2.05) is 30.3 Å². The highest BCUT2D eigenvalue weighted by molar-refractivity contribution is 9.10. The number of halogens is 5. The zero-order chi connectivity index (χ0) is 23.0. The molecule has 0 fully saturated rings. The Balaban J connectivity index is 1.66. The molecule has 1 amide bonds. The van der Waals surface area contributed by atoms with Gasteiger partial charge in [-0.05, 0) is 30.2 Å². The molecule has 1 aliphatic heterocycles. The van der Waals surface area contributed by atoms with Gasteiger partial charge in [-0.1, -0.05) is 70.0 Å². The van der Waals surface area contributed by atoms with Crippen LogP contribution in [-0.2, 0) is 0 Å². The first-order valence-corrected chi connectivity index (χ1v) is 11.0. The van der Waals surface area contributed by atoms with E-state index in [2.05, 4.69) is 31.7 Å². The monoisotopic (exact) mass is 526 g/mol. The van der Waals surface area contributed by atoms with E-state index in [1.54, 1.807) is 31.2 Å². The van der Waals surface area contributed by atoms with Crippen LogP contribution in [0.15, 0.2) is 59.1 Å². The zero-order valence-corrected chi connectivity index (χ0v) is 19.2. The van der Waals surface area contributed by atoms with Crippen LogP contribution in [0.5, 0.6) is 0 Å². The second-order valence-electron chi connectivity index (χ2n) is 7.60. The van der Waals surface area contributed by atoms with Gasteiger partial charge in [-0.3, -0.25) is 4.79 Å². The van der Waals surface area contributed by atoms with Gasteiger partial charge in [0.1, 0.15) is 10.8 Å². The minimum atomic E-state index is -4.56. The molecule has 0 unspecified atom stereocenters. The molecule has 5 nitrogen and oxygen atoms in total. The molecule has 0 saturated heterocycles. The minimum Gasteiger partial charge on any atom is -0.362 e. The number of nitrogens with zero attached hydrogens (tertiary/aromatic N) is 2. The van der Waals surface area contributed by atoms with E-state index in [0.29, 0.717) is 5.56 Å². The molecule has 0 spiro atoms. The molecule has 1 aliphatic rings. The van der Waals surface area contributed by atoms with E-state index in [1.165, 1.54) is 0 Å². The van der Waals surface area contributed by atoms with Crippen LogP contribution in [0.4, 0.5) is 19.0 Å². The number of aromatic nitrogens is 2. The molecular formula is C22H19BrClF3N4O. The van der Waals surface area contributed by atoms with Gasteiger partial charge in [0.2, 0.25) is 0 Å². The van der Waals surface area contributed by atoms with E-state index < -0.39 is 24.2 Å². The Bertz CT molecular complexity index is 1120. The Morgan fingerprint density at radius 2 is 1.88 bits per heavy atom. The molecule has 3 atom stereocenters. The van der Waals surface area contributed by atoms with Crippen molar-refractivity contribution in [1.29, 1.82) is 0 Å². The Morgan fingerprint density at radius 1 is 1.22 bits per heavy atom. The number of hydrogen-bond acceptors (Lipinski definition) is 3. The molecule has 2 N–H and O–H groups in total. The second kappa shape index (κ2) is 8.78. The van der Waals surface area contributed by atoms with Crippen molar-refractivity contribution in [2.75, 3.05) is 5.32 Å². The highest BCUT2D eigenvalue weighted by atomic mass is 79.9. The van der Waals surface area contributed by atoms with Gasteiger partial charge in [0.25, 0.3) is 5.91 Å². The fourth-order valence-corrected chi connectivity index (χ4v) is 4.27. The van der Waals surface area contributed by atoms with Gasteiger partial charge in [0.15, 0.2) is 11.7 Å². The number of amides is 1. The molecule has 0 radical (unpaired) electrons. The Hall–Kier alpha value is -2.52. The van der Waals surface area contributed by atoms with Crippen LogP contribution in [0, 0.1) is 0 Å². The van der Waals surface area contributed by atoms with E-state index in [9.17, 15) is 18.0 Å². The van der Waals surface area contributed by atoms with Crippen molar-refractivity contribution in [3.63, 3.8) is 0 Å². The van der Waals surface area contributed by atoms with E-state index in [4.69, 9.17) is 11.6 Å². The minimum absolute atomic E-state index is 0.0225. The lowest BCUT2D eigenvalue weighted by molar-refractivity contribution is -0.173. The number of benzene rings is 2. The maximum absolute atomic E-state index is 13.9. The molecule has 0 bridgehead atoms. The lowest BCUT2D eigenvalue weighted by Gasteiger charge is -2.33. The molecule has 168 valence electrons. The lowest BCUT2D eigenvalue weighted by atomic mass is 9.97. The molecule has 3 aromatic rings. The van der Waals surface area contributed by atoms with Gasteiger partial charge in [0.05, 0.1) is 12.1 Å². The van der Waals surface area contributed by atoms with Gasteiger partial charge >= 0.3 is 6.18 Å². The summed E-state index contributed by atoms with van der Waals surface area (Å²) in [6.07, 6.45) is -4.84. The molecular weight excluding hydrogens is 509 g/mol. The van der Waals surface area contributed by atoms with Crippen LogP contribution >= 0.6 is 27.5 Å². The topological polar surface area (TPSA) is 59.0 Å². The van der Waals surface area contributed by atoms with Gasteiger partial charge in [0, 0.05) is 10.9 Å². The van der Waals surface area contributed by atoms with E-state index in [0.717, 1.165) is 14.7 Å². The number of carbonyl (C=O) groups excluding carboxylic acids is 1. The first kappa shape index (κ1) is 22.7. The summed E-state index contributed by atoms with van der Waals surface area (Å²) in [5.74, 6) is -0.665. The smallest absolute Gasteiger partial charge is 0.362 e. The van der Waals surface area contributed by atoms with Crippen molar-refractivity contribution in [2.45, 2.75) is 37.6 Å². The molecule has 1 aromatic heterocycles. The van der Waals surface area contributed by atoms with Gasteiger partial charge in [-0.2, -0.15) is 18.3 Å². The third-order valence-corrected chi connectivity index (χ3v) is 6.32. The first-order chi connectivity index (χ1) is 15.1. The third-order valence-electron chi connectivity index (χ3n) is 5.43. The summed E-state index contributed by atoms with van der Waals surface area (Å²) in [5, 5.41) is 9.62. The van der Waals surface area contributed by atoms with Gasteiger partial charge < -0.3 is 10.6 Å². The van der Waals surface area contributed by atoms with Crippen molar-refractivity contribution in [3.8, 4) is 0 Å². The average Bonchev–Trinajstić information content (AvgIpc) is 3.10. The quantitative estimate of drug-likeness (QED) is 0.410. The Morgan fingerprint density at radius 3 is 2.50 bits per heavy atom. The summed E-state index contributed by atoms with van der Waals surface area (Å²) in [6, 6.07) is 13.3. The van der Waals surface area contributed by atoms with Crippen LogP contribution in [-0.4, -0.2) is 21.9 Å². The van der Waals surface area contributed by atoms with Crippen LogP contribution in [0.1, 0.15) is 53.1 Å². The predicted octanol–water partition coefficient (Wildman–Crippen LogP) is 6.45. The summed E-state index contributed by atoms with van der Waals surface area (Å²) < 4.78 is 43.3. The van der Waals surface area contributed by atoms with E-state index in [-0.39, 0.29) is 29.0 Å². The second-order valence-corrected chi connectivity index (χ2v) is 8.90. The highest BCUT2D eigenvalue weighted by Gasteiger charge is 2.47. The van der Waals surface area contributed by atoms with Crippen LogP contribution in [0.25, 0.3) is 0 Å². The number of nitrogens with one attached hydrogen (secondary N) is 2. The molecule has 2 aromatic carbocycles. The van der Waals surface area contributed by atoms with E-state index >= 15 is 0 Å². The largest absolute Gasteiger partial charge is 0.410 e. The van der Waals surface area contributed by atoms with Crippen molar-refractivity contribution in [1.82, 2.24) is 15.1 Å². The fourth-order valence-electron chi connectivity index (χ4n) is 3.74. The zero-order valence-electron chi connectivity index (χ0n) is 16.8. The Kier molecular flexibility index (Phi) is 6.22. The molecule has 10 heteroatoms. The standard InChI is InChI=1S/C22H19BrClF3N4O/c1-12(13-5-3-2-4-6-13)28-21(32)19-18(24)20-29-16(14-7-9-15(23)10-8-14)11-17(22(25,26)27)31(20)30-19/h2-10,12,16-17,29H,11H2,1H3,(H,28,32)/t12-,16-,17-/m1/s1. The van der Waals surface area contributed by atoms with Crippen LogP contribution < -0.4 is 10.6 Å². The summed E-state index contributed by atoms with van der Waals surface area (Å²) >= 11 is 9.70. The van der Waals surface area contributed by atoms with Crippen LogP contribution in [0.2, 0.25) is 5.02 Å². The summed E-state index contributed by atoms with van der Waals surface area (Å²) in [6.45, 7) is 1.78. The summed E-state index contributed by atoms with van der Waals surface area (Å²) in [4.78, 5) is 12.8. The normalized spacial score (nSPS) is 19.1. The maximum Gasteiger partial charge on any atom is 0.410 e. The first-order valence-electron chi connectivity index (χ1n) is 9.87. The van der Waals surface area contributed by atoms with Gasteiger partial charge in [-0.25, -0.2) is 4.68 Å². The Labute approximate surface area is 196 Å². The summed E-state index contributed by atoms with van der Waals surface area (Å²) in [7, 11) is 0. The van der Waals surface area contributed by atoms with Crippen molar-refractivity contribution in [2.24, 2.45) is 0 Å².